The van der Waals surface area contributed by atoms with Gasteiger partial charge in [0, 0.05) is 31.0 Å². The van der Waals surface area contributed by atoms with Crippen molar-refractivity contribution in [1.82, 2.24) is 0 Å². The van der Waals surface area contributed by atoms with Crippen LogP contribution in [-0.4, -0.2) is 44.0 Å². The maximum absolute atomic E-state index is 11.7. The van der Waals surface area contributed by atoms with Crippen molar-refractivity contribution in [3.05, 3.63) is 65.8 Å². The van der Waals surface area contributed by atoms with E-state index in [1.54, 1.807) is 0 Å². The third-order valence-electron chi connectivity index (χ3n) is 5.51. The number of fused-ring (bicyclic) bond motifs is 1. The third kappa shape index (κ3) is 6.47. The second-order valence-electron chi connectivity index (χ2n) is 7.85. The van der Waals surface area contributed by atoms with Gasteiger partial charge < -0.3 is 19.5 Å². The second-order valence-corrected chi connectivity index (χ2v) is 7.85. The summed E-state index contributed by atoms with van der Waals surface area (Å²) in [6.45, 7) is 7.49. The van der Waals surface area contributed by atoms with Crippen LogP contribution in [0.3, 0.4) is 0 Å². The number of ether oxygens (including phenoxy) is 2. The zero-order chi connectivity index (χ0) is 22.8. The Bertz CT molecular complexity index is 947. The average Bonchev–Trinajstić information content (AvgIpc) is 2.99. The molecule has 0 aliphatic carbocycles. The summed E-state index contributed by atoms with van der Waals surface area (Å²) in [6, 6.07) is 14.2. The number of allylic oxidation sites excluding steroid dienone is 1. The molecule has 0 amide bonds. The highest BCUT2D eigenvalue weighted by Crippen LogP contribution is 2.33. The highest BCUT2D eigenvalue weighted by Gasteiger charge is 2.19. The first-order valence-corrected chi connectivity index (χ1v) is 11.4. The number of carbonyl (C=O) groups is 1. The maximum Gasteiger partial charge on any atom is 0.331 e. The van der Waals surface area contributed by atoms with Gasteiger partial charge in [-0.1, -0.05) is 43.7 Å². The Morgan fingerprint density at radius 3 is 2.59 bits per heavy atom. The third-order valence-corrected chi connectivity index (χ3v) is 5.51. The lowest BCUT2D eigenvalue weighted by atomic mass is 10.00. The minimum Gasteiger partial charge on any atom is -0.491 e. The highest BCUT2D eigenvalue weighted by atomic mass is 16.5. The predicted molar refractivity (Wildman–Crippen MR) is 130 cm³/mol. The maximum atomic E-state index is 11.7. The Balaban J connectivity index is 1.74. The number of carboxylic acid groups (broad SMARTS) is 1. The van der Waals surface area contributed by atoms with Crippen molar-refractivity contribution in [1.29, 1.82) is 0 Å². The van der Waals surface area contributed by atoms with Gasteiger partial charge in [0.05, 0.1) is 6.61 Å². The van der Waals surface area contributed by atoms with E-state index in [4.69, 9.17) is 9.47 Å². The molecule has 1 heterocycles. The molecular weight excluding hydrogens is 402 g/mol. The first kappa shape index (κ1) is 23.6. The van der Waals surface area contributed by atoms with Crippen LogP contribution in [0.25, 0.3) is 17.2 Å². The Labute approximate surface area is 191 Å². The molecule has 0 saturated heterocycles. The van der Waals surface area contributed by atoms with Gasteiger partial charge in [-0.05, 0) is 66.8 Å². The van der Waals surface area contributed by atoms with Gasteiger partial charge in [0.1, 0.15) is 12.4 Å². The summed E-state index contributed by atoms with van der Waals surface area (Å²) < 4.78 is 11.3. The highest BCUT2D eigenvalue weighted by molar-refractivity contribution is 5.94. The lowest BCUT2D eigenvalue weighted by molar-refractivity contribution is -0.132. The van der Waals surface area contributed by atoms with E-state index in [-0.39, 0.29) is 0 Å². The van der Waals surface area contributed by atoms with Gasteiger partial charge in [-0.3, -0.25) is 0 Å². The van der Waals surface area contributed by atoms with Gasteiger partial charge >= 0.3 is 5.97 Å². The number of hydrogen-bond donors (Lipinski definition) is 1. The van der Waals surface area contributed by atoms with Crippen molar-refractivity contribution >= 4 is 17.7 Å². The molecule has 0 unspecified atom stereocenters. The molecule has 0 aromatic heterocycles. The largest absolute Gasteiger partial charge is 0.491 e. The number of nitrogens with zero attached hydrogens (tertiary/aromatic N) is 1. The van der Waals surface area contributed by atoms with Gasteiger partial charge in [-0.2, -0.15) is 0 Å². The Kier molecular flexibility index (Phi) is 8.93. The fourth-order valence-corrected chi connectivity index (χ4v) is 3.67. The molecule has 5 nitrogen and oxygen atoms in total. The number of benzene rings is 2. The smallest absolute Gasteiger partial charge is 0.331 e. The molecule has 1 N–H and O–H groups in total. The Morgan fingerprint density at radius 2 is 1.88 bits per heavy atom. The molecule has 3 rings (SSSR count). The molecule has 2 aromatic carbocycles. The van der Waals surface area contributed by atoms with Crippen molar-refractivity contribution in [2.45, 2.75) is 33.1 Å². The second kappa shape index (κ2) is 12.1. The van der Waals surface area contributed by atoms with Crippen molar-refractivity contribution < 1.29 is 19.4 Å². The topological polar surface area (TPSA) is 59.0 Å². The van der Waals surface area contributed by atoms with Crippen LogP contribution in [0.4, 0.5) is 5.69 Å². The summed E-state index contributed by atoms with van der Waals surface area (Å²) in [4.78, 5) is 13.9. The van der Waals surface area contributed by atoms with Gasteiger partial charge in [0.25, 0.3) is 0 Å². The SMILES string of the molecule is C/C=C/CN1CCC(C(=O)O)=Cc2cc(-c3ccc(OCCOCCCC)cc3)ccc21. The molecule has 1 aliphatic heterocycles. The lowest BCUT2D eigenvalue weighted by Crippen LogP contribution is -2.25. The zero-order valence-electron chi connectivity index (χ0n) is 19.0. The van der Waals surface area contributed by atoms with Crippen LogP contribution in [-0.2, 0) is 9.53 Å². The normalized spacial score (nSPS) is 13.6. The van der Waals surface area contributed by atoms with E-state index in [1.165, 1.54) is 0 Å². The monoisotopic (exact) mass is 435 g/mol. The number of rotatable bonds is 11. The van der Waals surface area contributed by atoms with Crippen LogP contribution in [0, 0.1) is 0 Å². The molecule has 0 atom stereocenters. The van der Waals surface area contributed by atoms with Gasteiger partial charge in [-0.15, -0.1) is 0 Å². The fourth-order valence-electron chi connectivity index (χ4n) is 3.67. The van der Waals surface area contributed by atoms with Crippen molar-refractivity contribution in [3.8, 4) is 16.9 Å². The number of aliphatic carboxylic acids is 1. The number of anilines is 1. The lowest BCUT2D eigenvalue weighted by Gasteiger charge is -2.24. The van der Waals surface area contributed by atoms with E-state index >= 15 is 0 Å². The first-order valence-electron chi connectivity index (χ1n) is 11.4. The van der Waals surface area contributed by atoms with Gasteiger partial charge in [0.2, 0.25) is 0 Å². The van der Waals surface area contributed by atoms with E-state index in [9.17, 15) is 9.90 Å². The number of hydrogen-bond acceptors (Lipinski definition) is 4. The van der Waals surface area contributed by atoms with Crippen molar-refractivity contribution in [3.63, 3.8) is 0 Å². The average molecular weight is 436 g/mol. The summed E-state index contributed by atoms with van der Waals surface area (Å²) in [5.74, 6) is -0.0393. The van der Waals surface area contributed by atoms with E-state index < -0.39 is 5.97 Å². The van der Waals surface area contributed by atoms with E-state index in [1.807, 2.05) is 43.3 Å². The molecule has 170 valence electrons. The molecule has 0 fully saturated rings. The van der Waals surface area contributed by atoms with Crippen LogP contribution in [0.15, 0.2) is 60.2 Å². The van der Waals surface area contributed by atoms with Gasteiger partial charge in [0.15, 0.2) is 0 Å². The minimum atomic E-state index is -0.852. The van der Waals surface area contributed by atoms with E-state index in [2.05, 4.69) is 36.1 Å². The molecule has 0 saturated carbocycles. The summed E-state index contributed by atoms with van der Waals surface area (Å²) in [5.41, 5.74) is 4.55. The quantitative estimate of drug-likeness (QED) is 0.357. The molecule has 2 aromatic rings. The number of carboxylic acids is 1. The minimum absolute atomic E-state index is 0.441. The molecule has 32 heavy (non-hydrogen) atoms. The van der Waals surface area contributed by atoms with E-state index in [0.29, 0.717) is 31.8 Å². The van der Waals surface area contributed by atoms with Crippen LogP contribution < -0.4 is 9.64 Å². The molecule has 0 bridgehead atoms. The summed E-state index contributed by atoms with van der Waals surface area (Å²) in [5, 5.41) is 9.58. The molecule has 0 radical (unpaired) electrons. The standard InChI is InChI=1S/C27H33NO4/c1-3-5-14-28-15-13-23(27(29)30)20-24-19-22(9-12-26(24)28)21-7-10-25(11-8-21)32-18-17-31-16-6-4-2/h3,5,7-12,19-20H,4,6,13-18H2,1-2H3,(H,29,30)/b5-3+. The van der Waals surface area contributed by atoms with Crippen LogP contribution >= 0.6 is 0 Å². The van der Waals surface area contributed by atoms with Crippen LogP contribution in [0.1, 0.15) is 38.7 Å². The molecule has 5 heteroatoms. The summed E-state index contributed by atoms with van der Waals surface area (Å²) in [6.07, 6.45) is 8.65. The zero-order valence-corrected chi connectivity index (χ0v) is 19.0. The predicted octanol–water partition coefficient (Wildman–Crippen LogP) is 5.80. The number of unbranched alkanes of at least 4 members (excludes halogenated alkanes) is 1. The molecular formula is C27H33NO4. The van der Waals surface area contributed by atoms with Crippen LogP contribution in [0.5, 0.6) is 5.75 Å². The summed E-state index contributed by atoms with van der Waals surface area (Å²) >= 11 is 0. The first-order chi connectivity index (χ1) is 15.6. The van der Waals surface area contributed by atoms with Crippen molar-refractivity contribution in [2.75, 3.05) is 37.8 Å². The summed E-state index contributed by atoms with van der Waals surface area (Å²) in [7, 11) is 0. The Hall–Kier alpha value is -3.05. The molecule has 0 spiro atoms. The fraction of sp³-hybridized carbons (Fsp3) is 0.370. The molecule has 1 aliphatic rings. The van der Waals surface area contributed by atoms with Crippen molar-refractivity contribution in [2.24, 2.45) is 0 Å². The Morgan fingerprint density at radius 1 is 1.09 bits per heavy atom. The van der Waals surface area contributed by atoms with Gasteiger partial charge in [-0.25, -0.2) is 4.79 Å². The van der Waals surface area contributed by atoms with E-state index in [0.717, 1.165) is 54.1 Å². The van der Waals surface area contributed by atoms with Crippen LogP contribution in [0.2, 0.25) is 0 Å².